The summed E-state index contributed by atoms with van der Waals surface area (Å²) in [4.78, 5) is 4.48. The molecular weight excluding hydrogens is 304 g/mol. The molecule has 1 aromatic heterocycles. The Morgan fingerprint density at radius 2 is 1.57 bits per heavy atom. The van der Waals surface area contributed by atoms with Crippen molar-refractivity contribution in [1.82, 2.24) is 9.55 Å². The number of aliphatic hydroxyl groups is 1. The molecule has 118 valence electrons. The topological polar surface area (TPSA) is 38.1 Å². The summed E-state index contributed by atoms with van der Waals surface area (Å²) in [6, 6.07) is 20.8. The van der Waals surface area contributed by atoms with E-state index in [2.05, 4.69) is 58.1 Å². The van der Waals surface area contributed by atoms with Crippen molar-refractivity contribution in [3.63, 3.8) is 0 Å². The second kappa shape index (κ2) is 7.99. The lowest BCUT2D eigenvalue weighted by atomic mass is 10.1. The van der Waals surface area contributed by atoms with Crippen molar-refractivity contribution in [3.05, 3.63) is 83.7 Å². The van der Waals surface area contributed by atoms with Gasteiger partial charge in [-0.1, -0.05) is 72.4 Å². The number of aryl methyl sites for hydroxylation is 1. The minimum absolute atomic E-state index is 0.0215. The van der Waals surface area contributed by atoms with Crippen molar-refractivity contribution in [2.45, 2.75) is 30.5 Å². The smallest absolute Gasteiger partial charge is 0.168 e. The van der Waals surface area contributed by atoms with Gasteiger partial charge in [-0.25, -0.2) is 4.98 Å². The highest BCUT2D eigenvalue weighted by molar-refractivity contribution is 7.98. The SMILES string of the molecule is OCc1cnc(SCc2ccccc2)n1CCc1ccccc1. The van der Waals surface area contributed by atoms with Gasteiger partial charge in [-0.15, -0.1) is 0 Å². The van der Waals surface area contributed by atoms with Crippen molar-refractivity contribution in [2.75, 3.05) is 0 Å². The number of thioether (sulfide) groups is 1. The van der Waals surface area contributed by atoms with Gasteiger partial charge in [0.1, 0.15) is 0 Å². The molecule has 0 saturated carbocycles. The molecule has 0 atom stereocenters. The Balaban J connectivity index is 1.69. The molecule has 1 heterocycles. The van der Waals surface area contributed by atoms with Gasteiger partial charge >= 0.3 is 0 Å². The Labute approximate surface area is 141 Å². The predicted octanol–water partition coefficient (Wildman–Crippen LogP) is 3.91. The highest BCUT2D eigenvalue weighted by Crippen LogP contribution is 2.23. The third-order valence-electron chi connectivity index (χ3n) is 3.74. The summed E-state index contributed by atoms with van der Waals surface area (Å²) in [5.74, 6) is 0.883. The summed E-state index contributed by atoms with van der Waals surface area (Å²) >= 11 is 1.71. The van der Waals surface area contributed by atoms with E-state index < -0.39 is 0 Å². The molecule has 2 aromatic carbocycles. The maximum atomic E-state index is 9.54. The van der Waals surface area contributed by atoms with E-state index in [1.165, 1.54) is 11.1 Å². The van der Waals surface area contributed by atoms with Crippen LogP contribution in [0.3, 0.4) is 0 Å². The Morgan fingerprint density at radius 1 is 0.913 bits per heavy atom. The summed E-state index contributed by atoms with van der Waals surface area (Å²) in [7, 11) is 0. The summed E-state index contributed by atoms with van der Waals surface area (Å²) in [6.45, 7) is 0.852. The zero-order chi connectivity index (χ0) is 15.9. The maximum absolute atomic E-state index is 9.54. The molecule has 0 unspecified atom stereocenters. The van der Waals surface area contributed by atoms with Crippen molar-refractivity contribution < 1.29 is 5.11 Å². The minimum atomic E-state index is 0.0215. The Hall–Kier alpha value is -2.04. The molecule has 0 amide bonds. The zero-order valence-electron chi connectivity index (χ0n) is 12.9. The molecule has 3 aromatic rings. The quantitative estimate of drug-likeness (QED) is 0.670. The summed E-state index contributed by atoms with van der Waals surface area (Å²) in [5, 5.41) is 10.5. The first-order valence-corrected chi connectivity index (χ1v) is 8.71. The summed E-state index contributed by atoms with van der Waals surface area (Å²) in [6.07, 6.45) is 2.71. The highest BCUT2D eigenvalue weighted by Gasteiger charge is 2.10. The number of hydrogen-bond acceptors (Lipinski definition) is 3. The number of rotatable bonds is 7. The third kappa shape index (κ3) is 4.24. The van der Waals surface area contributed by atoms with Crippen LogP contribution in [0.1, 0.15) is 16.8 Å². The van der Waals surface area contributed by atoms with Crippen molar-refractivity contribution in [1.29, 1.82) is 0 Å². The maximum Gasteiger partial charge on any atom is 0.168 e. The van der Waals surface area contributed by atoms with Crippen molar-refractivity contribution in [3.8, 4) is 0 Å². The van der Waals surface area contributed by atoms with Gasteiger partial charge in [-0.2, -0.15) is 0 Å². The molecule has 3 rings (SSSR count). The van der Waals surface area contributed by atoms with E-state index in [0.29, 0.717) is 0 Å². The zero-order valence-corrected chi connectivity index (χ0v) is 13.7. The van der Waals surface area contributed by atoms with Crippen molar-refractivity contribution in [2.24, 2.45) is 0 Å². The van der Waals surface area contributed by atoms with Gasteiger partial charge < -0.3 is 9.67 Å². The van der Waals surface area contributed by atoms with Crippen LogP contribution in [0.25, 0.3) is 0 Å². The molecule has 1 N–H and O–H groups in total. The fourth-order valence-electron chi connectivity index (χ4n) is 2.48. The number of imidazole rings is 1. The average molecular weight is 324 g/mol. The van der Waals surface area contributed by atoms with Gasteiger partial charge in [0.15, 0.2) is 5.16 Å². The monoisotopic (exact) mass is 324 g/mol. The Kier molecular flexibility index (Phi) is 5.51. The normalized spacial score (nSPS) is 10.8. The first-order valence-electron chi connectivity index (χ1n) is 7.72. The lowest BCUT2D eigenvalue weighted by molar-refractivity contribution is 0.269. The van der Waals surface area contributed by atoms with Crippen LogP contribution in [0.15, 0.2) is 72.0 Å². The third-order valence-corrected chi connectivity index (χ3v) is 4.80. The predicted molar refractivity (Wildman–Crippen MR) is 94.3 cm³/mol. The van der Waals surface area contributed by atoms with Gasteiger partial charge in [0, 0.05) is 12.3 Å². The molecule has 23 heavy (non-hydrogen) atoms. The number of aliphatic hydroxyl groups excluding tert-OH is 1. The van der Waals surface area contributed by atoms with Crippen LogP contribution in [0.2, 0.25) is 0 Å². The molecule has 0 aliphatic rings. The standard InChI is InChI=1S/C19H20N2OS/c22-14-18-13-20-19(23-15-17-9-5-2-6-10-17)21(18)12-11-16-7-3-1-4-8-16/h1-10,13,22H,11-12,14-15H2. The van der Waals surface area contributed by atoms with Crippen LogP contribution < -0.4 is 0 Å². The van der Waals surface area contributed by atoms with E-state index in [1.807, 2.05) is 12.1 Å². The fourth-order valence-corrected chi connectivity index (χ4v) is 3.46. The molecule has 0 bridgehead atoms. The number of nitrogens with zero attached hydrogens (tertiary/aromatic N) is 2. The van der Waals surface area contributed by atoms with Crippen LogP contribution >= 0.6 is 11.8 Å². The summed E-state index contributed by atoms with van der Waals surface area (Å²) < 4.78 is 2.13. The Bertz CT molecular complexity index is 726. The molecule has 0 aliphatic heterocycles. The fraction of sp³-hybridized carbons (Fsp3) is 0.211. The van der Waals surface area contributed by atoms with Crippen LogP contribution in [-0.4, -0.2) is 14.7 Å². The molecular formula is C19H20N2OS. The van der Waals surface area contributed by atoms with Gasteiger partial charge in [-0.05, 0) is 17.5 Å². The molecule has 4 heteroatoms. The van der Waals surface area contributed by atoms with E-state index in [4.69, 9.17) is 0 Å². The first-order chi connectivity index (χ1) is 11.4. The van der Waals surface area contributed by atoms with Crippen LogP contribution in [0, 0.1) is 0 Å². The molecule has 0 radical (unpaired) electrons. The van der Waals surface area contributed by atoms with E-state index >= 15 is 0 Å². The number of benzene rings is 2. The van der Waals surface area contributed by atoms with Gasteiger partial charge in [-0.3, -0.25) is 0 Å². The van der Waals surface area contributed by atoms with Crippen LogP contribution in [0.5, 0.6) is 0 Å². The second-order valence-corrected chi connectivity index (χ2v) is 6.29. The van der Waals surface area contributed by atoms with Gasteiger partial charge in [0.05, 0.1) is 18.5 Å². The Morgan fingerprint density at radius 3 is 2.22 bits per heavy atom. The average Bonchev–Trinajstić information content (AvgIpc) is 3.02. The van der Waals surface area contributed by atoms with E-state index in [-0.39, 0.29) is 6.61 Å². The van der Waals surface area contributed by atoms with Crippen LogP contribution in [0.4, 0.5) is 0 Å². The molecule has 0 aliphatic carbocycles. The summed E-state index contributed by atoms with van der Waals surface area (Å²) in [5.41, 5.74) is 3.45. The highest BCUT2D eigenvalue weighted by atomic mass is 32.2. The number of hydrogen-bond donors (Lipinski definition) is 1. The molecule has 0 fully saturated rings. The lowest BCUT2D eigenvalue weighted by Crippen LogP contribution is -2.07. The molecule has 0 spiro atoms. The van der Waals surface area contributed by atoms with E-state index in [9.17, 15) is 5.11 Å². The first kappa shape index (κ1) is 15.8. The van der Waals surface area contributed by atoms with Crippen molar-refractivity contribution >= 4 is 11.8 Å². The van der Waals surface area contributed by atoms with E-state index in [0.717, 1.165) is 29.6 Å². The minimum Gasteiger partial charge on any atom is -0.390 e. The molecule has 0 saturated heterocycles. The van der Waals surface area contributed by atoms with E-state index in [1.54, 1.807) is 18.0 Å². The van der Waals surface area contributed by atoms with Crippen LogP contribution in [-0.2, 0) is 25.3 Å². The lowest BCUT2D eigenvalue weighted by Gasteiger charge is -2.11. The molecule has 3 nitrogen and oxygen atoms in total. The second-order valence-electron chi connectivity index (χ2n) is 5.35. The largest absolute Gasteiger partial charge is 0.390 e. The number of aromatic nitrogens is 2. The van der Waals surface area contributed by atoms with Gasteiger partial charge in [0.2, 0.25) is 0 Å². The van der Waals surface area contributed by atoms with Gasteiger partial charge in [0.25, 0.3) is 0 Å².